The lowest BCUT2D eigenvalue weighted by Crippen LogP contribution is -2.24. The summed E-state index contributed by atoms with van der Waals surface area (Å²) in [6.45, 7) is 5.10. The molecule has 5 nitrogen and oxygen atoms in total. The highest BCUT2D eigenvalue weighted by Gasteiger charge is 2.09. The Bertz CT molecular complexity index is 622. The molecule has 2 aromatic heterocycles. The molecule has 0 atom stereocenters. The van der Waals surface area contributed by atoms with Crippen LogP contribution in [0.5, 0.6) is 0 Å². The number of halogens is 1. The molecular formula is C12H15ClN4OS. The van der Waals surface area contributed by atoms with Gasteiger partial charge in [-0.25, -0.2) is 9.67 Å². The van der Waals surface area contributed by atoms with E-state index in [2.05, 4.69) is 15.4 Å². The highest BCUT2D eigenvalue weighted by Crippen LogP contribution is 2.18. The van der Waals surface area contributed by atoms with Crippen LogP contribution in [-0.4, -0.2) is 14.8 Å². The standard InChI is InChI=1S/C12H15ClN4OS/c1-3-4-17-12(18)11(13)9(6-16-17)14-7-10-15-5-8(2)19-10/h5-6,14H,3-4,7H2,1-2H3. The number of aryl methyl sites for hydroxylation is 2. The van der Waals surface area contributed by atoms with Crippen LogP contribution in [0.3, 0.4) is 0 Å². The topological polar surface area (TPSA) is 59.8 Å². The Balaban J connectivity index is 2.13. The van der Waals surface area contributed by atoms with Gasteiger partial charge in [-0.05, 0) is 13.3 Å². The highest BCUT2D eigenvalue weighted by atomic mass is 35.5. The van der Waals surface area contributed by atoms with Crippen molar-refractivity contribution in [2.75, 3.05) is 5.32 Å². The van der Waals surface area contributed by atoms with Crippen LogP contribution >= 0.6 is 22.9 Å². The molecule has 0 spiro atoms. The zero-order valence-corrected chi connectivity index (χ0v) is 12.4. The lowest BCUT2D eigenvalue weighted by atomic mass is 10.4. The van der Waals surface area contributed by atoms with Gasteiger partial charge in [-0.2, -0.15) is 5.10 Å². The molecule has 0 saturated heterocycles. The number of nitrogens with zero attached hydrogens (tertiary/aromatic N) is 3. The van der Waals surface area contributed by atoms with Crippen LogP contribution < -0.4 is 10.9 Å². The summed E-state index contributed by atoms with van der Waals surface area (Å²) in [5, 5.41) is 8.31. The van der Waals surface area contributed by atoms with Crippen LogP contribution in [0.1, 0.15) is 23.2 Å². The molecule has 0 aliphatic heterocycles. The SMILES string of the molecule is CCCn1ncc(NCc2ncc(C)s2)c(Cl)c1=O. The quantitative estimate of drug-likeness (QED) is 0.922. The highest BCUT2D eigenvalue weighted by molar-refractivity contribution is 7.11. The third-order valence-electron chi connectivity index (χ3n) is 2.52. The Morgan fingerprint density at radius 2 is 2.26 bits per heavy atom. The van der Waals surface area contributed by atoms with Gasteiger partial charge in [-0.1, -0.05) is 18.5 Å². The van der Waals surface area contributed by atoms with E-state index in [4.69, 9.17) is 11.6 Å². The smallest absolute Gasteiger partial charge is 0.287 e. The maximum atomic E-state index is 11.9. The van der Waals surface area contributed by atoms with Crippen LogP contribution in [0, 0.1) is 6.92 Å². The predicted molar refractivity (Wildman–Crippen MR) is 78.0 cm³/mol. The summed E-state index contributed by atoms with van der Waals surface area (Å²) >= 11 is 7.66. The fraction of sp³-hybridized carbons (Fsp3) is 0.417. The molecule has 2 aromatic rings. The Kier molecular flexibility index (Phi) is 4.55. The van der Waals surface area contributed by atoms with E-state index in [-0.39, 0.29) is 10.6 Å². The minimum absolute atomic E-state index is 0.178. The van der Waals surface area contributed by atoms with Crippen molar-refractivity contribution in [2.24, 2.45) is 0 Å². The van der Waals surface area contributed by atoms with E-state index < -0.39 is 0 Å². The third kappa shape index (κ3) is 3.33. The van der Waals surface area contributed by atoms with E-state index in [9.17, 15) is 4.79 Å². The van der Waals surface area contributed by atoms with Crippen LogP contribution in [0.15, 0.2) is 17.2 Å². The van der Waals surface area contributed by atoms with E-state index in [0.29, 0.717) is 18.8 Å². The van der Waals surface area contributed by atoms with Crippen LogP contribution in [0.2, 0.25) is 5.02 Å². The molecule has 0 fully saturated rings. The first kappa shape index (κ1) is 14.0. The van der Waals surface area contributed by atoms with Gasteiger partial charge in [0.25, 0.3) is 5.56 Å². The maximum absolute atomic E-state index is 11.9. The van der Waals surface area contributed by atoms with Crippen molar-refractivity contribution in [3.63, 3.8) is 0 Å². The largest absolute Gasteiger partial charge is 0.376 e. The van der Waals surface area contributed by atoms with E-state index in [1.807, 2.05) is 20.0 Å². The Labute approximate surface area is 120 Å². The Hall–Kier alpha value is -1.40. The molecule has 0 amide bonds. The van der Waals surface area contributed by atoms with Gasteiger partial charge < -0.3 is 5.32 Å². The molecule has 102 valence electrons. The van der Waals surface area contributed by atoms with Crippen molar-refractivity contribution < 1.29 is 0 Å². The number of thiazole rings is 1. The summed E-state index contributed by atoms with van der Waals surface area (Å²) in [4.78, 5) is 17.3. The molecule has 1 N–H and O–H groups in total. The molecule has 0 aromatic carbocycles. The van der Waals surface area contributed by atoms with Gasteiger partial charge in [0.2, 0.25) is 0 Å². The second-order valence-corrected chi connectivity index (χ2v) is 5.82. The van der Waals surface area contributed by atoms with Gasteiger partial charge >= 0.3 is 0 Å². The lowest BCUT2D eigenvalue weighted by molar-refractivity contribution is 0.568. The average molecular weight is 299 g/mol. The van der Waals surface area contributed by atoms with Crippen molar-refractivity contribution in [3.05, 3.63) is 37.7 Å². The number of nitrogens with one attached hydrogen (secondary N) is 1. The molecule has 0 saturated carbocycles. The molecule has 2 heterocycles. The fourth-order valence-corrected chi connectivity index (χ4v) is 2.55. The van der Waals surface area contributed by atoms with Gasteiger partial charge in [-0.15, -0.1) is 11.3 Å². The first-order valence-corrected chi connectivity index (χ1v) is 7.22. The summed E-state index contributed by atoms with van der Waals surface area (Å²) in [5.74, 6) is 0. The van der Waals surface area contributed by atoms with E-state index >= 15 is 0 Å². The number of hydrogen-bond donors (Lipinski definition) is 1. The zero-order chi connectivity index (χ0) is 13.8. The molecule has 0 unspecified atom stereocenters. The fourth-order valence-electron chi connectivity index (χ4n) is 1.61. The summed E-state index contributed by atoms with van der Waals surface area (Å²) in [5.41, 5.74) is 0.288. The van der Waals surface area contributed by atoms with Crippen molar-refractivity contribution in [2.45, 2.75) is 33.4 Å². The van der Waals surface area contributed by atoms with Crippen molar-refractivity contribution >= 4 is 28.6 Å². The lowest BCUT2D eigenvalue weighted by Gasteiger charge is -2.08. The van der Waals surface area contributed by atoms with E-state index in [1.165, 1.54) is 4.68 Å². The third-order valence-corrected chi connectivity index (χ3v) is 3.80. The predicted octanol–water partition coefficient (Wildman–Crippen LogP) is 2.68. The number of anilines is 1. The zero-order valence-electron chi connectivity index (χ0n) is 10.8. The summed E-state index contributed by atoms with van der Waals surface area (Å²) in [6, 6.07) is 0. The summed E-state index contributed by atoms with van der Waals surface area (Å²) in [7, 11) is 0. The Morgan fingerprint density at radius 3 is 2.89 bits per heavy atom. The van der Waals surface area contributed by atoms with Crippen molar-refractivity contribution in [3.8, 4) is 0 Å². The van der Waals surface area contributed by atoms with Gasteiger partial charge in [-0.3, -0.25) is 4.79 Å². The molecule has 19 heavy (non-hydrogen) atoms. The van der Waals surface area contributed by atoms with Crippen LogP contribution in [0.25, 0.3) is 0 Å². The van der Waals surface area contributed by atoms with E-state index in [1.54, 1.807) is 17.5 Å². The van der Waals surface area contributed by atoms with Gasteiger partial charge in [0, 0.05) is 17.6 Å². The number of hydrogen-bond acceptors (Lipinski definition) is 5. The second kappa shape index (κ2) is 6.16. The minimum atomic E-state index is -0.260. The first-order valence-electron chi connectivity index (χ1n) is 6.02. The number of rotatable bonds is 5. The minimum Gasteiger partial charge on any atom is -0.376 e. The Morgan fingerprint density at radius 1 is 1.47 bits per heavy atom. The second-order valence-electron chi connectivity index (χ2n) is 4.12. The number of aromatic nitrogens is 3. The molecule has 0 bridgehead atoms. The average Bonchev–Trinajstić information content (AvgIpc) is 2.80. The van der Waals surface area contributed by atoms with Gasteiger partial charge in [0.15, 0.2) is 0 Å². The summed E-state index contributed by atoms with van der Waals surface area (Å²) < 4.78 is 1.38. The maximum Gasteiger partial charge on any atom is 0.287 e. The molecule has 2 rings (SSSR count). The normalized spacial score (nSPS) is 10.7. The first-order chi connectivity index (χ1) is 9.11. The van der Waals surface area contributed by atoms with Gasteiger partial charge in [0.1, 0.15) is 10.0 Å². The van der Waals surface area contributed by atoms with Gasteiger partial charge in [0.05, 0.1) is 18.4 Å². The van der Waals surface area contributed by atoms with E-state index in [0.717, 1.165) is 16.3 Å². The summed E-state index contributed by atoms with van der Waals surface area (Å²) in [6.07, 6.45) is 4.25. The monoisotopic (exact) mass is 298 g/mol. The van der Waals surface area contributed by atoms with Crippen LogP contribution in [0.4, 0.5) is 5.69 Å². The molecule has 0 aliphatic rings. The van der Waals surface area contributed by atoms with Crippen molar-refractivity contribution in [1.29, 1.82) is 0 Å². The molecular weight excluding hydrogens is 284 g/mol. The molecule has 0 aliphatic carbocycles. The molecule has 7 heteroatoms. The van der Waals surface area contributed by atoms with Crippen LogP contribution in [-0.2, 0) is 13.1 Å². The molecule has 0 radical (unpaired) electrons. The van der Waals surface area contributed by atoms with Crippen molar-refractivity contribution in [1.82, 2.24) is 14.8 Å².